The van der Waals surface area contributed by atoms with Crippen LogP contribution in [0.4, 0.5) is 0 Å². The lowest BCUT2D eigenvalue weighted by Crippen LogP contribution is -2.28. The Kier molecular flexibility index (Phi) is 2.54. The van der Waals surface area contributed by atoms with Gasteiger partial charge in [-0.15, -0.1) is 0 Å². The number of hydrogen-bond acceptors (Lipinski definition) is 4. The Bertz CT molecular complexity index is 562. The molecule has 0 radical (unpaired) electrons. The van der Waals surface area contributed by atoms with Crippen LogP contribution in [0.3, 0.4) is 0 Å². The number of allylic oxidation sites excluding steroid dienone is 2. The zero-order chi connectivity index (χ0) is 13.8. The number of carbonyl (C=O) groups is 1. The van der Waals surface area contributed by atoms with E-state index in [1.807, 2.05) is 20.8 Å². The minimum atomic E-state index is -0.475. The molecule has 98 valence electrons. The summed E-state index contributed by atoms with van der Waals surface area (Å²) in [5.41, 5.74) is 0.713. The van der Waals surface area contributed by atoms with Gasteiger partial charge in [-0.1, -0.05) is 0 Å². The molecule has 1 aromatic heterocycles. The number of carbonyl (C=O) groups excluding carboxylic acids is 1. The second-order valence-corrected chi connectivity index (χ2v) is 5.71. The fourth-order valence-corrected chi connectivity index (χ4v) is 2.13. The number of aromatic hydroxyl groups is 1. The van der Waals surface area contributed by atoms with Gasteiger partial charge in [-0.05, 0) is 34.6 Å². The van der Waals surface area contributed by atoms with Crippen LogP contribution in [0.5, 0.6) is 5.88 Å². The number of ketones is 1. The average molecular weight is 250 g/mol. The van der Waals surface area contributed by atoms with Crippen LogP contribution < -0.4 is 0 Å². The molecule has 1 aromatic rings. The van der Waals surface area contributed by atoms with Crippen LogP contribution in [0.1, 0.15) is 39.0 Å². The molecule has 2 N–H and O–H groups in total. The van der Waals surface area contributed by atoms with Crippen LogP contribution in [-0.2, 0) is 10.3 Å². The molecule has 0 saturated carbocycles. The van der Waals surface area contributed by atoms with E-state index in [4.69, 9.17) is 0 Å². The third kappa shape index (κ3) is 1.54. The maximum absolute atomic E-state index is 11.8. The summed E-state index contributed by atoms with van der Waals surface area (Å²) in [5, 5.41) is 24.2. The SMILES string of the molecule is Cc1nn(C(C)(C)C)c(O)c1C1=C(O)C(C)C1=O. The summed E-state index contributed by atoms with van der Waals surface area (Å²) in [6.07, 6.45) is 0. The van der Waals surface area contributed by atoms with Crippen molar-refractivity contribution in [2.75, 3.05) is 0 Å². The van der Waals surface area contributed by atoms with Crippen LogP contribution in [0.2, 0.25) is 0 Å². The third-order valence-electron chi connectivity index (χ3n) is 3.23. The van der Waals surface area contributed by atoms with Gasteiger partial charge >= 0.3 is 0 Å². The van der Waals surface area contributed by atoms with E-state index in [0.29, 0.717) is 11.3 Å². The smallest absolute Gasteiger partial charge is 0.218 e. The molecule has 1 aliphatic carbocycles. The summed E-state index contributed by atoms with van der Waals surface area (Å²) >= 11 is 0. The molecular weight excluding hydrogens is 232 g/mol. The Morgan fingerprint density at radius 3 is 2.22 bits per heavy atom. The van der Waals surface area contributed by atoms with Gasteiger partial charge in [0.15, 0.2) is 5.78 Å². The van der Waals surface area contributed by atoms with E-state index in [2.05, 4.69) is 5.10 Å². The number of aliphatic hydroxyl groups is 1. The summed E-state index contributed by atoms with van der Waals surface area (Å²) in [6.45, 7) is 9.07. The summed E-state index contributed by atoms with van der Waals surface area (Å²) in [4.78, 5) is 11.8. The summed E-state index contributed by atoms with van der Waals surface area (Å²) < 4.78 is 1.47. The standard InChI is InChI=1S/C13H18N2O3/c1-6-10(16)9(11(6)17)8-7(2)14-15(12(8)18)13(3,4)5/h6,16,18H,1-5H3. The second-order valence-electron chi connectivity index (χ2n) is 5.71. The van der Waals surface area contributed by atoms with E-state index >= 15 is 0 Å². The van der Waals surface area contributed by atoms with Gasteiger partial charge in [-0.2, -0.15) is 5.10 Å². The summed E-state index contributed by atoms with van der Waals surface area (Å²) in [5.74, 6) is -0.662. The van der Waals surface area contributed by atoms with Gasteiger partial charge in [0.05, 0.1) is 28.3 Å². The number of aromatic nitrogens is 2. The van der Waals surface area contributed by atoms with Gasteiger partial charge in [0.25, 0.3) is 0 Å². The fourth-order valence-electron chi connectivity index (χ4n) is 2.13. The second kappa shape index (κ2) is 3.60. The highest BCUT2D eigenvalue weighted by Crippen LogP contribution is 2.42. The highest BCUT2D eigenvalue weighted by atomic mass is 16.3. The van der Waals surface area contributed by atoms with E-state index in [1.54, 1.807) is 13.8 Å². The molecule has 2 rings (SSSR count). The molecule has 0 spiro atoms. The number of hydrogen-bond donors (Lipinski definition) is 2. The van der Waals surface area contributed by atoms with Crippen LogP contribution in [0.25, 0.3) is 5.57 Å². The van der Waals surface area contributed by atoms with Crippen LogP contribution in [-0.4, -0.2) is 25.8 Å². The number of nitrogens with zero attached hydrogens (tertiary/aromatic N) is 2. The molecule has 0 amide bonds. The Balaban J connectivity index is 2.62. The molecule has 1 aliphatic rings. The lowest BCUT2D eigenvalue weighted by atomic mass is 9.80. The Labute approximate surface area is 106 Å². The van der Waals surface area contributed by atoms with E-state index in [9.17, 15) is 15.0 Å². The molecule has 1 heterocycles. The maximum atomic E-state index is 11.8. The summed E-state index contributed by atoms with van der Waals surface area (Å²) in [7, 11) is 0. The third-order valence-corrected chi connectivity index (χ3v) is 3.23. The van der Waals surface area contributed by atoms with Crippen molar-refractivity contribution in [1.82, 2.24) is 9.78 Å². The highest BCUT2D eigenvalue weighted by molar-refractivity contribution is 6.30. The number of Topliss-reactive ketones (excluding diaryl/α,β-unsaturated/α-hetero) is 1. The predicted octanol–water partition coefficient (Wildman–Crippen LogP) is 2.14. The topological polar surface area (TPSA) is 75.3 Å². The summed E-state index contributed by atoms with van der Waals surface area (Å²) in [6, 6.07) is 0. The Morgan fingerprint density at radius 1 is 1.28 bits per heavy atom. The number of aliphatic hydroxyl groups excluding tert-OH is 1. The lowest BCUT2D eigenvalue weighted by Gasteiger charge is -2.25. The number of rotatable bonds is 1. The monoisotopic (exact) mass is 250 g/mol. The zero-order valence-electron chi connectivity index (χ0n) is 11.3. The van der Waals surface area contributed by atoms with Crippen molar-refractivity contribution in [2.24, 2.45) is 5.92 Å². The van der Waals surface area contributed by atoms with Gasteiger partial charge in [-0.3, -0.25) is 4.79 Å². The van der Waals surface area contributed by atoms with Gasteiger partial charge < -0.3 is 10.2 Å². The van der Waals surface area contributed by atoms with E-state index in [-0.39, 0.29) is 28.5 Å². The van der Waals surface area contributed by atoms with Crippen molar-refractivity contribution in [3.05, 3.63) is 17.0 Å². The Morgan fingerprint density at radius 2 is 1.83 bits per heavy atom. The first kappa shape index (κ1) is 12.7. The van der Waals surface area contributed by atoms with Crippen molar-refractivity contribution in [3.8, 4) is 5.88 Å². The van der Waals surface area contributed by atoms with Gasteiger partial charge in [0, 0.05) is 0 Å². The molecule has 0 bridgehead atoms. The molecule has 0 aromatic carbocycles. The largest absolute Gasteiger partial charge is 0.511 e. The zero-order valence-corrected chi connectivity index (χ0v) is 11.3. The minimum Gasteiger partial charge on any atom is -0.511 e. The quantitative estimate of drug-likeness (QED) is 0.800. The van der Waals surface area contributed by atoms with E-state index < -0.39 is 5.92 Å². The van der Waals surface area contributed by atoms with Crippen molar-refractivity contribution in [3.63, 3.8) is 0 Å². The lowest BCUT2D eigenvalue weighted by molar-refractivity contribution is -0.118. The molecule has 1 atom stereocenters. The van der Waals surface area contributed by atoms with Gasteiger partial charge in [0.1, 0.15) is 5.76 Å². The molecule has 1 unspecified atom stereocenters. The first-order valence-corrected chi connectivity index (χ1v) is 5.93. The van der Waals surface area contributed by atoms with E-state index in [0.717, 1.165) is 0 Å². The highest BCUT2D eigenvalue weighted by Gasteiger charge is 2.40. The molecule has 5 nitrogen and oxygen atoms in total. The normalized spacial score (nSPS) is 20.3. The average Bonchev–Trinajstić information content (AvgIpc) is 2.56. The molecule has 0 saturated heterocycles. The molecule has 0 aliphatic heterocycles. The molecule has 0 fully saturated rings. The van der Waals surface area contributed by atoms with Crippen molar-refractivity contribution in [1.29, 1.82) is 0 Å². The van der Waals surface area contributed by atoms with Crippen LogP contribution in [0.15, 0.2) is 5.76 Å². The molecule has 5 heteroatoms. The Hall–Kier alpha value is -1.78. The first-order chi connectivity index (χ1) is 8.16. The first-order valence-electron chi connectivity index (χ1n) is 5.93. The molecular formula is C13H18N2O3. The number of aryl methyl sites for hydroxylation is 1. The van der Waals surface area contributed by atoms with E-state index in [1.165, 1.54) is 4.68 Å². The minimum absolute atomic E-state index is 0.0341. The van der Waals surface area contributed by atoms with Crippen molar-refractivity contribution < 1.29 is 15.0 Å². The maximum Gasteiger partial charge on any atom is 0.218 e. The van der Waals surface area contributed by atoms with Crippen LogP contribution in [0, 0.1) is 12.8 Å². The molecule has 18 heavy (non-hydrogen) atoms. The van der Waals surface area contributed by atoms with Crippen molar-refractivity contribution >= 4 is 11.4 Å². The van der Waals surface area contributed by atoms with Gasteiger partial charge in [-0.25, -0.2) is 4.68 Å². The predicted molar refractivity (Wildman–Crippen MR) is 67.3 cm³/mol. The fraction of sp³-hybridized carbons (Fsp3) is 0.538. The van der Waals surface area contributed by atoms with Crippen LogP contribution >= 0.6 is 0 Å². The van der Waals surface area contributed by atoms with Gasteiger partial charge in [0.2, 0.25) is 5.88 Å². The van der Waals surface area contributed by atoms with Crippen molar-refractivity contribution in [2.45, 2.75) is 40.2 Å².